The minimum atomic E-state index is -0.423. The molecule has 0 fully saturated rings. The number of hydrogen-bond acceptors (Lipinski definition) is 3. The zero-order chi connectivity index (χ0) is 21.1. The Balaban J connectivity index is 1.40. The third-order valence-corrected chi connectivity index (χ3v) is 5.07. The molecule has 0 unspecified atom stereocenters. The summed E-state index contributed by atoms with van der Waals surface area (Å²) in [7, 11) is 3.41. The largest absolute Gasteiger partial charge is 0.494 e. The van der Waals surface area contributed by atoms with Crippen molar-refractivity contribution in [3.8, 4) is 17.1 Å². The van der Waals surface area contributed by atoms with Gasteiger partial charge in [-0.1, -0.05) is 18.2 Å². The van der Waals surface area contributed by atoms with Crippen LogP contribution in [-0.4, -0.2) is 22.6 Å². The minimum absolute atomic E-state index is 0.123. The number of ether oxygens (including phenoxy) is 1. The van der Waals surface area contributed by atoms with Gasteiger partial charge in [-0.2, -0.15) is 0 Å². The van der Waals surface area contributed by atoms with Crippen molar-refractivity contribution in [2.75, 3.05) is 12.4 Å². The van der Waals surface area contributed by atoms with Crippen molar-refractivity contribution < 1.29 is 13.9 Å². The Hall–Kier alpha value is -3.67. The smallest absolute Gasteiger partial charge is 0.224 e. The number of para-hydroxylation sites is 2. The lowest BCUT2D eigenvalue weighted by Crippen LogP contribution is -2.12. The summed E-state index contributed by atoms with van der Waals surface area (Å²) < 4.78 is 20.7. The average Bonchev–Trinajstić information content (AvgIpc) is 3.10. The van der Waals surface area contributed by atoms with E-state index in [1.54, 1.807) is 12.1 Å². The lowest BCUT2D eigenvalue weighted by molar-refractivity contribution is -0.116. The Morgan fingerprint density at radius 3 is 2.57 bits per heavy atom. The number of nitrogens with zero attached hydrogens (tertiary/aromatic N) is 2. The number of fused-ring (bicyclic) bond motifs is 1. The van der Waals surface area contributed by atoms with Gasteiger partial charge >= 0.3 is 0 Å². The summed E-state index contributed by atoms with van der Waals surface area (Å²) in [5.41, 5.74) is 4.45. The Bertz CT molecular complexity index is 1200. The van der Waals surface area contributed by atoms with Crippen molar-refractivity contribution in [2.24, 2.45) is 7.05 Å². The van der Waals surface area contributed by atoms with Gasteiger partial charge < -0.3 is 14.6 Å². The SMILES string of the molecule is COc1ccc(CCC(=O)Nc2ccc(-c3nc4ccccc4n3C)cc2)cc1F. The number of benzene rings is 3. The number of imidazole rings is 1. The molecule has 0 aliphatic rings. The summed E-state index contributed by atoms with van der Waals surface area (Å²) in [6.07, 6.45) is 0.711. The van der Waals surface area contributed by atoms with Crippen LogP contribution in [0.5, 0.6) is 5.75 Å². The normalized spacial score (nSPS) is 10.9. The van der Waals surface area contributed by atoms with E-state index in [9.17, 15) is 9.18 Å². The molecule has 1 aromatic heterocycles. The fourth-order valence-corrected chi connectivity index (χ4v) is 3.45. The maximum Gasteiger partial charge on any atom is 0.224 e. The Morgan fingerprint density at radius 2 is 1.87 bits per heavy atom. The molecular weight excluding hydrogens is 381 g/mol. The Morgan fingerprint density at radius 1 is 1.10 bits per heavy atom. The molecule has 3 aromatic carbocycles. The molecule has 1 amide bonds. The summed E-state index contributed by atoms with van der Waals surface area (Å²) in [4.78, 5) is 17.0. The third kappa shape index (κ3) is 4.03. The van der Waals surface area contributed by atoms with Gasteiger partial charge in [0.25, 0.3) is 0 Å². The van der Waals surface area contributed by atoms with Gasteiger partial charge in [-0.05, 0) is 60.5 Å². The standard InChI is InChI=1S/C24H22FN3O2/c1-28-21-6-4-3-5-20(21)27-24(28)17-9-11-18(12-10-17)26-23(29)14-8-16-7-13-22(30-2)19(25)15-16/h3-7,9-13,15H,8,14H2,1-2H3,(H,26,29). The van der Waals surface area contributed by atoms with Crippen molar-refractivity contribution >= 4 is 22.6 Å². The zero-order valence-corrected chi connectivity index (χ0v) is 16.9. The van der Waals surface area contributed by atoms with Crippen LogP contribution in [0.25, 0.3) is 22.4 Å². The maximum absolute atomic E-state index is 13.8. The fourth-order valence-electron chi connectivity index (χ4n) is 3.45. The van der Waals surface area contributed by atoms with Gasteiger partial charge in [-0.3, -0.25) is 4.79 Å². The molecule has 0 saturated carbocycles. The Labute approximate surface area is 174 Å². The number of hydrogen-bond donors (Lipinski definition) is 1. The second-order valence-corrected chi connectivity index (χ2v) is 7.08. The van der Waals surface area contributed by atoms with E-state index in [1.165, 1.54) is 13.2 Å². The number of anilines is 1. The average molecular weight is 403 g/mol. The number of carbonyl (C=O) groups excluding carboxylic acids is 1. The van der Waals surface area contributed by atoms with Crippen LogP contribution in [0.2, 0.25) is 0 Å². The quantitative estimate of drug-likeness (QED) is 0.495. The lowest BCUT2D eigenvalue weighted by atomic mass is 10.1. The van der Waals surface area contributed by atoms with Gasteiger partial charge in [0.2, 0.25) is 5.91 Å². The second kappa shape index (κ2) is 8.37. The van der Waals surface area contributed by atoms with E-state index in [0.29, 0.717) is 12.1 Å². The first-order valence-corrected chi connectivity index (χ1v) is 9.69. The van der Waals surface area contributed by atoms with Crippen molar-refractivity contribution in [3.63, 3.8) is 0 Å². The molecule has 6 heteroatoms. The molecule has 1 heterocycles. The molecule has 152 valence electrons. The van der Waals surface area contributed by atoms with Crippen LogP contribution in [0, 0.1) is 5.82 Å². The summed E-state index contributed by atoms with van der Waals surface area (Å²) >= 11 is 0. The summed E-state index contributed by atoms with van der Waals surface area (Å²) in [6, 6.07) is 20.3. The second-order valence-electron chi connectivity index (χ2n) is 7.08. The number of halogens is 1. The third-order valence-electron chi connectivity index (χ3n) is 5.07. The number of aryl methyl sites for hydroxylation is 2. The fraction of sp³-hybridized carbons (Fsp3) is 0.167. The van der Waals surface area contributed by atoms with E-state index >= 15 is 0 Å². The van der Waals surface area contributed by atoms with Crippen LogP contribution in [-0.2, 0) is 18.3 Å². The predicted molar refractivity (Wildman–Crippen MR) is 116 cm³/mol. The van der Waals surface area contributed by atoms with Crippen LogP contribution >= 0.6 is 0 Å². The van der Waals surface area contributed by atoms with Crippen molar-refractivity contribution in [1.29, 1.82) is 0 Å². The van der Waals surface area contributed by atoms with Gasteiger partial charge in [-0.15, -0.1) is 0 Å². The van der Waals surface area contributed by atoms with Crippen LogP contribution in [0.15, 0.2) is 66.7 Å². The number of methoxy groups -OCH3 is 1. The molecule has 0 saturated heterocycles. The van der Waals surface area contributed by atoms with Crippen molar-refractivity contribution in [2.45, 2.75) is 12.8 Å². The predicted octanol–water partition coefficient (Wildman–Crippen LogP) is 4.96. The van der Waals surface area contributed by atoms with E-state index < -0.39 is 5.82 Å². The maximum atomic E-state index is 13.8. The van der Waals surface area contributed by atoms with Crippen LogP contribution in [0.3, 0.4) is 0 Å². The van der Waals surface area contributed by atoms with E-state index in [-0.39, 0.29) is 18.1 Å². The number of amides is 1. The summed E-state index contributed by atoms with van der Waals surface area (Å²) in [5.74, 6) is 0.522. The first-order chi connectivity index (χ1) is 14.5. The summed E-state index contributed by atoms with van der Waals surface area (Å²) in [5, 5.41) is 2.88. The molecule has 30 heavy (non-hydrogen) atoms. The van der Waals surface area contributed by atoms with Gasteiger partial charge in [0.05, 0.1) is 18.1 Å². The van der Waals surface area contributed by atoms with Crippen molar-refractivity contribution in [3.05, 3.63) is 78.1 Å². The number of aromatic nitrogens is 2. The number of carbonyl (C=O) groups is 1. The number of nitrogens with one attached hydrogen (secondary N) is 1. The van der Waals surface area contributed by atoms with E-state index in [2.05, 4.69) is 9.88 Å². The highest BCUT2D eigenvalue weighted by Gasteiger charge is 2.10. The first-order valence-electron chi connectivity index (χ1n) is 9.69. The molecule has 1 N–H and O–H groups in total. The van der Waals surface area contributed by atoms with E-state index in [1.807, 2.05) is 55.6 Å². The highest BCUT2D eigenvalue weighted by atomic mass is 19.1. The molecule has 0 aliphatic heterocycles. The topological polar surface area (TPSA) is 56.1 Å². The minimum Gasteiger partial charge on any atom is -0.494 e. The molecule has 0 aliphatic carbocycles. The van der Waals surface area contributed by atoms with Crippen LogP contribution < -0.4 is 10.1 Å². The molecule has 4 aromatic rings. The molecule has 0 radical (unpaired) electrons. The van der Waals surface area contributed by atoms with Crippen molar-refractivity contribution in [1.82, 2.24) is 9.55 Å². The highest BCUT2D eigenvalue weighted by Crippen LogP contribution is 2.25. The Kier molecular flexibility index (Phi) is 5.48. The molecular formula is C24H22FN3O2. The highest BCUT2D eigenvalue weighted by molar-refractivity contribution is 5.91. The van der Waals surface area contributed by atoms with E-state index in [0.717, 1.165) is 28.0 Å². The van der Waals surface area contributed by atoms with Gasteiger partial charge in [0.1, 0.15) is 5.82 Å². The van der Waals surface area contributed by atoms with Gasteiger partial charge in [0, 0.05) is 24.7 Å². The molecule has 0 bridgehead atoms. The van der Waals surface area contributed by atoms with Crippen LogP contribution in [0.4, 0.5) is 10.1 Å². The van der Waals surface area contributed by atoms with Gasteiger partial charge in [0.15, 0.2) is 11.6 Å². The van der Waals surface area contributed by atoms with Gasteiger partial charge in [-0.25, -0.2) is 9.37 Å². The molecule has 4 rings (SSSR count). The zero-order valence-electron chi connectivity index (χ0n) is 16.9. The van der Waals surface area contributed by atoms with E-state index in [4.69, 9.17) is 9.72 Å². The molecule has 5 nitrogen and oxygen atoms in total. The molecule has 0 spiro atoms. The lowest BCUT2D eigenvalue weighted by Gasteiger charge is -2.08. The first kappa shape index (κ1) is 19.6. The monoisotopic (exact) mass is 403 g/mol. The number of rotatable bonds is 6. The van der Waals surface area contributed by atoms with Crippen LogP contribution in [0.1, 0.15) is 12.0 Å². The summed E-state index contributed by atoms with van der Waals surface area (Å²) in [6.45, 7) is 0. The molecule has 0 atom stereocenters.